The number of pyridine rings is 1. The van der Waals surface area contributed by atoms with Crippen LogP contribution < -0.4 is 15.5 Å². The summed E-state index contributed by atoms with van der Waals surface area (Å²) in [5.74, 6) is -0.736. The van der Waals surface area contributed by atoms with Crippen LogP contribution in [-0.4, -0.2) is 69.1 Å². The van der Waals surface area contributed by atoms with Crippen LogP contribution in [0.2, 0.25) is 0 Å². The lowest BCUT2D eigenvalue weighted by atomic mass is 9.91. The molecule has 0 saturated carbocycles. The number of para-hydroxylation sites is 1. The molecule has 2 fully saturated rings. The van der Waals surface area contributed by atoms with Crippen molar-refractivity contribution in [2.45, 2.75) is 70.2 Å². The Balaban J connectivity index is 1.34. The Bertz CT molecular complexity index is 1420. The molecule has 5 rings (SSSR count). The van der Waals surface area contributed by atoms with E-state index in [0.717, 1.165) is 16.5 Å². The Hall–Kier alpha value is -4.41. The molecule has 0 bridgehead atoms. The fraction of sp³-hybridized carbons (Fsp3) is 0.414. The number of alkyl carbamates (subject to hydrolysis) is 1. The first-order valence-electron chi connectivity index (χ1n) is 13.5. The summed E-state index contributed by atoms with van der Waals surface area (Å²) in [6, 6.07) is 8.71. The molecule has 2 saturated heterocycles. The number of ether oxygens (including phenoxy) is 1. The number of hydrogen-bond acceptors (Lipinski definition) is 6. The van der Waals surface area contributed by atoms with Gasteiger partial charge in [-0.1, -0.05) is 18.2 Å². The fourth-order valence-corrected chi connectivity index (χ4v) is 5.43. The average molecular weight is 547 g/mol. The van der Waals surface area contributed by atoms with Crippen molar-refractivity contribution in [2.24, 2.45) is 0 Å². The van der Waals surface area contributed by atoms with Crippen LogP contribution in [0.15, 0.2) is 55.0 Å². The number of imide groups is 1. The van der Waals surface area contributed by atoms with Crippen LogP contribution in [0.5, 0.6) is 0 Å². The van der Waals surface area contributed by atoms with E-state index in [1.807, 2.05) is 30.5 Å². The molecule has 11 nitrogen and oxygen atoms in total. The number of anilines is 1. The summed E-state index contributed by atoms with van der Waals surface area (Å²) < 4.78 is 5.44. The predicted molar refractivity (Wildman–Crippen MR) is 149 cm³/mol. The van der Waals surface area contributed by atoms with Crippen molar-refractivity contribution >= 4 is 40.5 Å². The number of fused-ring (bicyclic) bond motifs is 2. The number of amides is 5. The normalized spacial score (nSPS) is 20.2. The lowest BCUT2D eigenvalue weighted by Crippen LogP contribution is -2.66. The highest BCUT2D eigenvalue weighted by atomic mass is 16.6. The van der Waals surface area contributed by atoms with Gasteiger partial charge in [0, 0.05) is 48.5 Å². The highest BCUT2D eigenvalue weighted by Gasteiger charge is 2.45. The Labute approximate surface area is 232 Å². The number of carbonyl (C=O) groups excluding carboxylic acids is 4. The minimum atomic E-state index is -0.937. The molecule has 0 aliphatic carbocycles. The number of nitrogens with one attached hydrogen (secondary N) is 3. The number of piperidine rings is 1. The summed E-state index contributed by atoms with van der Waals surface area (Å²) in [5.41, 5.74) is 1.53. The van der Waals surface area contributed by atoms with E-state index in [1.165, 1.54) is 17.3 Å². The SMILES string of the molecule is CC(C)(C)OC(=O)N[C@@H](Cc1c[nH]c2ccccc12)C(=O)N[C@@H]1CCCN2C(=O)N(c3ccncc3)C(=O)C[C@@H]12. The monoisotopic (exact) mass is 546 g/mol. The number of aromatic nitrogens is 2. The Morgan fingerprint density at radius 2 is 1.90 bits per heavy atom. The molecule has 0 spiro atoms. The number of carbonyl (C=O) groups is 4. The van der Waals surface area contributed by atoms with Crippen LogP contribution in [-0.2, 0) is 20.7 Å². The smallest absolute Gasteiger partial charge is 0.408 e. The fourth-order valence-electron chi connectivity index (χ4n) is 5.43. The maximum atomic E-state index is 13.7. The van der Waals surface area contributed by atoms with Gasteiger partial charge < -0.3 is 25.3 Å². The van der Waals surface area contributed by atoms with Crippen LogP contribution in [0.1, 0.15) is 45.6 Å². The molecule has 3 atom stereocenters. The molecule has 2 aliphatic heterocycles. The van der Waals surface area contributed by atoms with E-state index in [-0.39, 0.29) is 18.7 Å². The second-order valence-corrected chi connectivity index (χ2v) is 11.2. The van der Waals surface area contributed by atoms with Crippen LogP contribution >= 0.6 is 0 Å². The van der Waals surface area contributed by atoms with Gasteiger partial charge in [-0.3, -0.25) is 14.6 Å². The Morgan fingerprint density at radius 3 is 2.65 bits per heavy atom. The first-order valence-corrected chi connectivity index (χ1v) is 13.5. The van der Waals surface area contributed by atoms with Gasteiger partial charge in [-0.2, -0.15) is 0 Å². The van der Waals surface area contributed by atoms with E-state index in [9.17, 15) is 19.2 Å². The summed E-state index contributed by atoms with van der Waals surface area (Å²) >= 11 is 0. The minimum Gasteiger partial charge on any atom is -0.444 e. The maximum absolute atomic E-state index is 13.7. The number of hydrogen-bond donors (Lipinski definition) is 3. The Morgan fingerprint density at radius 1 is 1.15 bits per heavy atom. The maximum Gasteiger partial charge on any atom is 0.408 e. The first-order chi connectivity index (χ1) is 19.1. The quantitative estimate of drug-likeness (QED) is 0.433. The third-order valence-corrected chi connectivity index (χ3v) is 7.20. The number of rotatable bonds is 6. The predicted octanol–water partition coefficient (Wildman–Crippen LogP) is 3.50. The highest BCUT2D eigenvalue weighted by Crippen LogP contribution is 2.30. The molecule has 0 radical (unpaired) electrons. The molecule has 3 N–H and O–H groups in total. The van der Waals surface area contributed by atoms with Crippen molar-refractivity contribution in [1.29, 1.82) is 0 Å². The van der Waals surface area contributed by atoms with Crippen molar-refractivity contribution in [2.75, 3.05) is 11.4 Å². The largest absolute Gasteiger partial charge is 0.444 e. The zero-order chi connectivity index (χ0) is 28.4. The van der Waals surface area contributed by atoms with E-state index in [0.29, 0.717) is 25.1 Å². The van der Waals surface area contributed by atoms with Gasteiger partial charge in [-0.05, 0) is 57.4 Å². The average Bonchev–Trinajstić information content (AvgIpc) is 3.31. The van der Waals surface area contributed by atoms with Gasteiger partial charge in [0.25, 0.3) is 0 Å². The van der Waals surface area contributed by atoms with Crippen LogP contribution in [0, 0.1) is 0 Å². The number of benzene rings is 1. The molecule has 2 aromatic heterocycles. The number of nitrogens with zero attached hydrogens (tertiary/aromatic N) is 3. The zero-order valence-electron chi connectivity index (χ0n) is 22.8. The van der Waals surface area contributed by atoms with Crippen molar-refractivity contribution in [3.63, 3.8) is 0 Å². The van der Waals surface area contributed by atoms with Gasteiger partial charge in [-0.25, -0.2) is 14.5 Å². The van der Waals surface area contributed by atoms with Gasteiger partial charge in [0.15, 0.2) is 0 Å². The lowest BCUT2D eigenvalue weighted by Gasteiger charge is -2.46. The summed E-state index contributed by atoms with van der Waals surface area (Å²) in [6.07, 6.45) is 5.77. The lowest BCUT2D eigenvalue weighted by molar-refractivity contribution is -0.126. The van der Waals surface area contributed by atoms with E-state index in [2.05, 4.69) is 20.6 Å². The number of H-pyrrole nitrogens is 1. The van der Waals surface area contributed by atoms with E-state index >= 15 is 0 Å². The van der Waals surface area contributed by atoms with Gasteiger partial charge in [0.05, 0.1) is 18.2 Å². The molecule has 210 valence electrons. The van der Waals surface area contributed by atoms with Crippen molar-refractivity contribution < 1.29 is 23.9 Å². The highest BCUT2D eigenvalue weighted by molar-refractivity contribution is 6.16. The summed E-state index contributed by atoms with van der Waals surface area (Å²) in [7, 11) is 0. The van der Waals surface area contributed by atoms with Gasteiger partial charge >= 0.3 is 12.1 Å². The van der Waals surface area contributed by atoms with Gasteiger partial charge in [0.1, 0.15) is 11.6 Å². The van der Waals surface area contributed by atoms with Crippen LogP contribution in [0.3, 0.4) is 0 Å². The number of aromatic amines is 1. The Kier molecular flexibility index (Phi) is 7.46. The molecule has 40 heavy (non-hydrogen) atoms. The van der Waals surface area contributed by atoms with Crippen LogP contribution in [0.25, 0.3) is 10.9 Å². The molecular formula is C29H34N6O5. The van der Waals surface area contributed by atoms with Crippen molar-refractivity contribution in [1.82, 2.24) is 25.5 Å². The van der Waals surface area contributed by atoms with E-state index in [1.54, 1.807) is 37.8 Å². The first kappa shape index (κ1) is 27.2. The summed E-state index contributed by atoms with van der Waals surface area (Å²) in [4.78, 5) is 62.9. The van der Waals surface area contributed by atoms with E-state index < -0.39 is 41.8 Å². The zero-order valence-corrected chi connectivity index (χ0v) is 22.8. The molecule has 3 aromatic rings. The topological polar surface area (TPSA) is 137 Å². The molecule has 4 heterocycles. The van der Waals surface area contributed by atoms with Gasteiger partial charge in [-0.15, -0.1) is 0 Å². The molecule has 5 amide bonds. The third kappa shape index (κ3) is 5.78. The van der Waals surface area contributed by atoms with Crippen molar-refractivity contribution in [3.05, 3.63) is 60.6 Å². The second kappa shape index (κ2) is 11.0. The van der Waals surface area contributed by atoms with E-state index in [4.69, 9.17) is 4.74 Å². The molecule has 0 unspecified atom stereocenters. The molecule has 2 aliphatic rings. The van der Waals surface area contributed by atoms with Crippen molar-refractivity contribution in [3.8, 4) is 0 Å². The number of urea groups is 1. The molecule has 1 aromatic carbocycles. The summed E-state index contributed by atoms with van der Waals surface area (Å²) in [5, 5.41) is 6.74. The summed E-state index contributed by atoms with van der Waals surface area (Å²) in [6.45, 7) is 5.75. The van der Waals surface area contributed by atoms with Gasteiger partial charge in [0.2, 0.25) is 11.8 Å². The molecular weight excluding hydrogens is 512 g/mol. The van der Waals surface area contributed by atoms with Crippen LogP contribution in [0.4, 0.5) is 15.3 Å². The third-order valence-electron chi connectivity index (χ3n) is 7.20. The minimum absolute atomic E-state index is 0.0750. The second-order valence-electron chi connectivity index (χ2n) is 11.2. The standard InChI is InChI=1S/C29H34N6O5/c1-29(2,3)40-27(38)33-23(15-18-17-31-21-8-5-4-7-20(18)21)26(37)32-22-9-6-14-34-24(22)16-25(36)35(28(34)39)19-10-12-30-13-11-19/h4-5,7-8,10-13,17,22-24,31H,6,9,14-16H2,1-3H3,(H,32,37)(H,33,38)/t22-,23+,24+/m1/s1. The molecule has 11 heteroatoms.